The van der Waals surface area contributed by atoms with Crippen molar-refractivity contribution < 1.29 is 9.18 Å². The highest BCUT2D eigenvalue weighted by Gasteiger charge is 2.26. The summed E-state index contributed by atoms with van der Waals surface area (Å²) < 4.78 is 13.5. The minimum absolute atomic E-state index is 0.139. The second-order valence-electron chi connectivity index (χ2n) is 6.55. The van der Waals surface area contributed by atoms with Crippen molar-refractivity contribution in [2.24, 2.45) is 0 Å². The maximum absolute atomic E-state index is 13.5. The molecule has 3 aromatic rings. The summed E-state index contributed by atoms with van der Waals surface area (Å²) in [6.45, 7) is 1.65. The van der Waals surface area contributed by atoms with Gasteiger partial charge in [0, 0.05) is 30.2 Å². The van der Waals surface area contributed by atoms with Crippen LogP contribution in [0.15, 0.2) is 42.6 Å². The zero-order valence-corrected chi connectivity index (χ0v) is 14.2. The Bertz CT molecular complexity index is 1000. The number of halogens is 1. The van der Waals surface area contributed by atoms with Crippen LogP contribution in [0.3, 0.4) is 0 Å². The smallest absolute Gasteiger partial charge is 0.253 e. The molecule has 1 aromatic carbocycles. The standard InChI is InChI=1S/C19H18FN5O/c1-25-9-13(10-25)23-19(26)15-8-22-18(21)17-14(15)5-6-16(24-17)11-3-2-4-12(20)7-11/h2-8,13H,9-10H2,1H3,(H2,21,22)(H,23,26). The maximum atomic E-state index is 13.5. The second kappa shape index (κ2) is 6.34. The lowest BCUT2D eigenvalue weighted by Crippen LogP contribution is -2.57. The Morgan fingerprint density at radius 1 is 1.31 bits per heavy atom. The molecule has 0 atom stereocenters. The van der Waals surface area contributed by atoms with E-state index in [1.165, 1.54) is 18.3 Å². The largest absolute Gasteiger partial charge is 0.382 e. The molecule has 0 bridgehead atoms. The van der Waals surface area contributed by atoms with Crippen molar-refractivity contribution in [3.8, 4) is 11.3 Å². The van der Waals surface area contributed by atoms with E-state index in [1.807, 2.05) is 7.05 Å². The number of hydrogen-bond donors (Lipinski definition) is 2. The topological polar surface area (TPSA) is 84.1 Å². The van der Waals surface area contributed by atoms with Gasteiger partial charge in [-0.15, -0.1) is 0 Å². The van der Waals surface area contributed by atoms with E-state index in [0.29, 0.717) is 27.7 Å². The molecule has 7 heteroatoms. The lowest BCUT2D eigenvalue weighted by molar-refractivity contribution is 0.0859. The van der Waals surface area contributed by atoms with E-state index in [4.69, 9.17) is 5.73 Å². The summed E-state index contributed by atoms with van der Waals surface area (Å²) >= 11 is 0. The van der Waals surface area contributed by atoms with Crippen LogP contribution < -0.4 is 11.1 Å². The van der Waals surface area contributed by atoms with E-state index in [0.717, 1.165) is 13.1 Å². The number of aromatic nitrogens is 2. The van der Waals surface area contributed by atoms with Crippen molar-refractivity contribution in [2.45, 2.75) is 6.04 Å². The molecule has 0 unspecified atom stereocenters. The van der Waals surface area contributed by atoms with Crippen LogP contribution in [0.5, 0.6) is 0 Å². The number of likely N-dealkylation sites (N-methyl/N-ethyl adjacent to an activating group) is 1. The zero-order valence-electron chi connectivity index (χ0n) is 14.2. The Morgan fingerprint density at radius 3 is 2.85 bits per heavy atom. The lowest BCUT2D eigenvalue weighted by Gasteiger charge is -2.36. The third-order valence-corrected chi connectivity index (χ3v) is 4.53. The third-order valence-electron chi connectivity index (χ3n) is 4.53. The Balaban J connectivity index is 1.72. The van der Waals surface area contributed by atoms with Gasteiger partial charge in [-0.05, 0) is 31.3 Å². The molecule has 2 aromatic heterocycles. The van der Waals surface area contributed by atoms with Crippen molar-refractivity contribution in [3.05, 3.63) is 54.0 Å². The third kappa shape index (κ3) is 2.97. The number of carbonyl (C=O) groups is 1. The average Bonchev–Trinajstić information content (AvgIpc) is 2.60. The molecule has 4 rings (SSSR count). The van der Waals surface area contributed by atoms with E-state index in [1.54, 1.807) is 24.3 Å². The number of fused-ring (bicyclic) bond motifs is 1. The molecule has 0 spiro atoms. The predicted molar refractivity (Wildman–Crippen MR) is 98.1 cm³/mol. The van der Waals surface area contributed by atoms with Gasteiger partial charge in [0.25, 0.3) is 5.91 Å². The number of likely N-dealkylation sites (tertiary alicyclic amines) is 1. The average molecular weight is 351 g/mol. The first-order valence-electron chi connectivity index (χ1n) is 8.32. The van der Waals surface area contributed by atoms with Gasteiger partial charge in [0.1, 0.15) is 17.2 Å². The Hall–Kier alpha value is -3.06. The molecule has 0 saturated carbocycles. The van der Waals surface area contributed by atoms with Gasteiger partial charge in [0.2, 0.25) is 0 Å². The van der Waals surface area contributed by atoms with E-state index in [-0.39, 0.29) is 23.6 Å². The molecule has 1 saturated heterocycles. The maximum Gasteiger partial charge on any atom is 0.253 e. The normalized spacial score (nSPS) is 15.0. The minimum atomic E-state index is -0.339. The molecule has 6 nitrogen and oxygen atoms in total. The highest BCUT2D eigenvalue weighted by molar-refractivity contribution is 6.08. The van der Waals surface area contributed by atoms with Crippen molar-refractivity contribution in [1.29, 1.82) is 0 Å². The predicted octanol–water partition coefficient (Wildman–Crippen LogP) is 2.06. The minimum Gasteiger partial charge on any atom is -0.382 e. The van der Waals surface area contributed by atoms with Crippen LogP contribution >= 0.6 is 0 Å². The molecule has 1 aliphatic rings. The van der Waals surface area contributed by atoms with Gasteiger partial charge < -0.3 is 16.0 Å². The molecule has 0 radical (unpaired) electrons. The molecule has 1 aliphatic heterocycles. The molecular weight excluding hydrogens is 333 g/mol. The van der Waals surface area contributed by atoms with Crippen LogP contribution in [0.1, 0.15) is 10.4 Å². The molecule has 1 fully saturated rings. The molecule has 3 N–H and O–H groups in total. The fourth-order valence-corrected chi connectivity index (χ4v) is 3.18. The van der Waals surface area contributed by atoms with Gasteiger partial charge in [-0.1, -0.05) is 12.1 Å². The van der Waals surface area contributed by atoms with Crippen LogP contribution in [0.2, 0.25) is 0 Å². The quantitative estimate of drug-likeness (QED) is 0.755. The van der Waals surface area contributed by atoms with Crippen LogP contribution in [-0.4, -0.2) is 47.0 Å². The van der Waals surface area contributed by atoms with Crippen molar-refractivity contribution in [2.75, 3.05) is 25.9 Å². The van der Waals surface area contributed by atoms with Crippen LogP contribution in [0.25, 0.3) is 22.2 Å². The summed E-state index contributed by atoms with van der Waals surface area (Å²) in [5, 5.41) is 3.62. The van der Waals surface area contributed by atoms with Crippen molar-refractivity contribution in [3.63, 3.8) is 0 Å². The van der Waals surface area contributed by atoms with Gasteiger partial charge in [-0.2, -0.15) is 0 Å². The van der Waals surface area contributed by atoms with Crippen LogP contribution in [-0.2, 0) is 0 Å². The Morgan fingerprint density at radius 2 is 2.12 bits per heavy atom. The van der Waals surface area contributed by atoms with Crippen LogP contribution in [0.4, 0.5) is 10.2 Å². The summed E-state index contributed by atoms with van der Waals surface area (Å²) in [6, 6.07) is 9.84. The first kappa shape index (κ1) is 16.4. The number of pyridine rings is 2. The number of nitrogen functional groups attached to an aromatic ring is 1. The number of carbonyl (C=O) groups excluding carboxylic acids is 1. The number of nitrogens with two attached hydrogens (primary N) is 1. The first-order chi connectivity index (χ1) is 12.5. The molecule has 0 aliphatic carbocycles. The second-order valence-corrected chi connectivity index (χ2v) is 6.55. The van der Waals surface area contributed by atoms with Crippen LogP contribution in [0, 0.1) is 5.82 Å². The Labute approximate surface area is 149 Å². The highest BCUT2D eigenvalue weighted by Crippen LogP contribution is 2.26. The Kier molecular flexibility index (Phi) is 4.00. The molecular formula is C19H18FN5O. The van der Waals surface area contributed by atoms with Gasteiger partial charge in [-0.25, -0.2) is 14.4 Å². The number of rotatable bonds is 3. The van der Waals surface area contributed by atoms with Gasteiger partial charge in [-0.3, -0.25) is 4.79 Å². The summed E-state index contributed by atoms with van der Waals surface area (Å²) in [4.78, 5) is 23.3. The summed E-state index contributed by atoms with van der Waals surface area (Å²) in [7, 11) is 2.00. The van der Waals surface area contributed by atoms with Gasteiger partial charge in [0.05, 0.1) is 17.3 Å². The number of amides is 1. The molecule has 132 valence electrons. The van der Waals surface area contributed by atoms with E-state index >= 15 is 0 Å². The fraction of sp³-hybridized carbons (Fsp3) is 0.211. The van der Waals surface area contributed by atoms with E-state index in [2.05, 4.69) is 20.2 Å². The monoisotopic (exact) mass is 351 g/mol. The first-order valence-corrected chi connectivity index (χ1v) is 8.32. The number of nitrogens with zero attached hydrogens (tertiary/aromatic N) is 3. The molecule has 26 heavy (non-hydrogen) atoms. The van der Waals surface area contributed by atoms with Gasteiger partial charge in [0.15, 0.2) is 0 Å². The number of anilines is 1. The van der Waals surface area contributed by atoms with Crippen molar-refractivity contribution in [1.82, 2.24) is 20.2 Å². The number of nitrogens with one attached hydrogen (secondary N) is 1. The van der Waals surface area contributed by atoms with E-state index in [9.17, 15) is 9.18 Å². The fourth-order valence-electron chi connectivity index (χ4n) is 3.18. The lowest BCUT2D eigenvalue weighted by atomic mass is 10.1. The summed E-state index contributed by atoms with van der Waals surface area (Å²) in [5.41, 5.74) is 8.05. The highest BCUT2D eigenvalue weighted by atomic mass is 19.1. The van der Waals surface area contributed by atoms with Crippen molar-refractivity contribution >= 4 is 22.6 Å². The van der Waals surface area contributed by atoms with E-state index < -0.39 is 0 Å². The summed E-state index contributed by atoms with van der Waals surface area (Å²) in [6.07, 6.45) is 1.47. The number of hydrogen-bond acceptors (Lipinski definition) is 5. The molecule has 1 amide bonds. The number of benzene rings is 1. The van der Waals surface area contributed by atoms with Gasteiger partial charge >= 0.3 is 0 Å². The molecule has 3 heterocycles. The summed E-state index contributed by atoms with van der Waals surface area (Å²) in [5.74, 6) is -0.298. The zero-order chi connectivity index (χ0) is 18.3. The SMILES string of the molecule is CN1CC(NC(=O)c2cnc(N)c3nc(-c4cccc(F)c4)ccc23)C1.